The van der Waals surface area contributed by atoms with Crippen LogP contribution in [0.5, 0.6) is 11.5 Å². The van der Waals surface area contributed by atoms with E-state index in [1.54, 1.807) is 12.1 Å². The Kier molecular flexibility index (Phi) is 4.22. The van der Waals surface area contributed by atoms with Crippen molar-refractivity contribution >= 4 is 10.1 Å². The van der Waals surface area contributed by atoms with Gasteiger partial charge in [0.25, 0.3) is 10.1 Å². The van der Waals surface area contributed by atoms with E-state index in [4.69, 9.17) is 14.8 Å². The minimum Gasteiger partial charge on any atom is -0.504 e. The van der Waals surface area contributed by atoms with Crippen molar-refractivity contribution in [3.63, 3.8) is 0 Å². The van der Waals surface area contributed by atoms with E-state index in [1.165, 1.54) is 12.1 Å². The normalized spacial score (nSPS) is 10.0. The number of aromatic hydroxyl groups is 2. The molecule has 3 N–H and O–H groups in total. The summed E-state index contributed by atoms with van der Waals surface area (Å²) in [5.74, 6) is -0.153. The molecule has 0 amide bonds. The number of phenolic OH excluding ortho intramolecular Hbond substituents is 2. The summed E-state index contributed by atoms with van der Waals surface area (Å²) in [5.41, 5.74) is 0. The van der Waals surface area contributed by atoms with E-state index in [0.29, 0.717) is 6.26 Å². The van der Waals surface area contributed by atoms with Crippen molar-refractivity contribution < 1.29 is 23.2 Å². The van der Waals surface area contributed by atoms with Crippen molar-refractivity contribution in [1.29, 1.82) is 0 Å². The first-order chi connectivity index (χ1) is 5.80. The van der Waals surface area contributed by atoms with Gasteiger partial charge in [-0.3, -0.25) is 4.55 Å². The largest absolute Gasteiger partial charge is 0.504 e. The Morgan fingerprint density at radius 3 is 1.46 bits per heavy atom. The Labute approximate surface area is 76.0 Å². The van der Waals surface area contributed by atoms with Crippen LogP contribution in [-0.4, -0.2) is 29.4 Å². The summed E-state index contributed by atoms with van der Waals surface area (Å²) in [6.45, 7) is 0. The fourth-order valence-electron chi connectivity index (χ4n) is 0.464. The summed E-state index contributed by atoms with van der Waals surface area (Å²) < 4.78 is 25.9. The molecule has 0 aliphatic carbocycles. The van der Waals surface area contributed by atoms with Crippen LogP contribution in [-0.2, 0) is 10.1 Å². The molecule has 0 bridgehead atoms. The molecule has 1 aromatic carbocycles. The predicted molar refractivity (Wildman–Crippen MR) is 47.2 cm³/mol. The summed E-state index contributed by atoms with van der Waals surface area (Å²) in [5, 5.41) is 17.3. The SMILES string of the molecule is CS(=O)(=O)O.Oc1ccccc1O. The maximum absolute atomic E-state index is 9.19. The Balaban J connectivity index is 0.000000252. The molecule has 0 atom stereocenters. The molecule has 0 aromatic heterocycles. The molecule has 13 heavy (non-hydrogen) atoms. The number of hydrogen-bond acceptors (Lipinski definition) is 4. The molecule has 1 rings (SSSR count). The van der Waals surface area contributed by atoms with E-state index >= 15 is 0 Å². The Hall–Kier alpha value is -1.27. The molecule has 0 unspecified atom stereocenters. The second kappa shape index (κ2) is 4.68. The maximum atomic E-state index is 9.19. The second-order valence-corrected chi connectivity index (χ2v) is 3.69. The molecular weight excluding hydrogens is 196 g/mol. The van der Waals surface area contributed by atoms with E-state index in [9.17, 15) is 8.42 Å². The van der Waals surface area contributed by atoms with Gasteiger partial charge in [-0.25, -0.2) is 0 Å². The zero-order chi connectivity index (χ0) is 10.5. The van der Waals surface area contributed by atoms with Crippen LogP contribution < -0.4 is 0 Å². The molecule has 0 saturated heterocycles. The number of hydrogen-bond donors (Lipinski definition) is 3. The molecule has 0 saturated carbocycles. The third kappa shape index (κ3) is 8.64. The summed E-state index contributed by atoms with van der Waals surface area (Å²) in [4.78, 5) is 0. The molecule has 6 heteroatoms. The third-order valence-electron chi connectivity index (χ3n) is 0.882. The van der Waals surface area contributed by atoms with Crippen molar-refractivity contribution in [3.05, 3.63) is 24.3 Å². The molecule has 0 fully saturated rings. The third-order valence-corrected chi connectivity index (χ3v) is 0.882. The molecule has 0 heterocycles. The van der Waals surface area contributed by atoms with Gasteiger partial charge in [0.2, 0.25) is 0 Å². The lowest BCUT2D eigenvalue weighted by Crippen LogP contribution is -1.88. The Bertz CT molecular complexity index is 328. The van der Waals surface area contributed by atoms with Gasteiger partial charge in [0.1, 0.15) is 0 Å². The average Bonchev–Trinajstić information content (AvgIpc) is 1.92. The highest BCUT2D eigenvalue weighted by Crippen LogP contribution is 2.21. The van der Waals surface area contributed by atoms with Gasteiger partial charge in [-0.1, -0.05) is 12.1 Å². The lowest BCUT2D eigenvalue weighted by atomic mass is 10.3. The molecule has 74 valence electrons. The van der Waals surface area contributed by atoms with Crippen LogP contribution in [0.3, 0.4) is 0 Å². The standard InChI is InChI=1S/C6H6O2.CH4O3S/c7-5-3-1-2-4-6(5)8;1-5(2,3)4/h1-4,7-8H;1H3,(H,2,3,4). The quantitative estimate of drug-likeness (QED) is 0.427. The Morgan fingerprint density at radius 1 is 1.08 bits per heavy atom. The molecule has 0 aliphatic heterocycles. The summed E-state index contributed by atoms with van der Waals surface area (Å²) in [6, 6.07) is 6.15. The predicted octanol–water partition coefficient (Wildman–Crippen LogP) is 0.602. The summed E-state index contributed by atoms with van der Waals surface area (Å²) >= 11 is 0. The minimum atomic E-state index is -3.67. The van der Waals surface area contributed by atoms with Gasteiger partial charge in [0, 0.05) is 0 Å². The van der Waals surface area contributed by atoms with E-state index in [1.807, 2.05) is 0 Å². The van der Waals surface area contributed by atoms with Crippen LogP contribution in [0, 0.1) is 0 Å². The first-order valence-electron chi connectivity index (χ1n) is 3.20. The topological polar surface area (TPSA) is 94.8 Å². The molecule has 1 aromatic rings. The molecule has 0 radical (unpaired) electrons. The van der Waals surface area contributed by atoms with Crippen molar-refractivity contribution in [3.8, 4) is 11.5 Å². The lowest BCUT2D eigenvalue weighted by Gasteiger charge is -1.91. The van der Waals surface area contributed by atoms with Gasteiger partial charge in [-0.2, -0.15) is 8.42 Å². The van der Waals surface area contributed by atoms with Crippen molar-refractivity contribution in [2.45, 2.75) is 0 Å². The van der Waals surface area contributed by atoms with Gasteiger partial charge in [-0.15, -0.1) is 0 Å². The van der Waals surface area contributed by atoms with Gasteiger partial charge >= 0.3 is 0 Å². The first-order valence-corrected chi connectivity index (χ1v) is 5.05. The van der Waals surface area contributed by atoms with Crippen LogP contribution in [0.15, 0.2) is 24.3 Å². The minimum absolute atomic E-state index is 0.0764. The zero-order valence-electron chi connectivity index (χ0n) is 6.88. The van der Waals surface area contributed by atoms with Crippen LogP contribution in [0.25, 0.3) is 0 Å². The maximum Gasteiger partial charge on any atom is 0.261 e. The van der Waals surface area contributed by atoms with Crippen molar-refractivity contribution in [1.82, 2.24) is 0 Å². The van der Waals surface area contributed by atoms with Gasteiger partial charge in [0.15, 0.2) is 11.5 Å². The van der Waals surface area contributed by atoms with Crippen LogP contribution in [0.4, 0.5) is 0 Å². The number of rotatable bonds is 0. The highest BCUT2D eigenvalue weighted by atomic mass is 32.2. The van der Waals surface area contributed by atoms with Crippen LogP contribution >= 0.6 is 0 Å². The second-order valence-electron chi connectivity index (χ2n) is 2.22. The van der Waals surface area contributed by atoms with E-state index in [0.717, 1.165) is 0 Å². The number of benzene rings is 1. The summed E-state index contributed by atoms with van der Waals surface area (Å²) in [7, 11) is -3.67. The fraction of sp³-hybridized carbons (Fsp3) is 0.143. The first kappa shape index (κ1) is 11.7. The van der Waals surface area contributed by atoms with Crippen molar-refractivity contribution in [2.24, 2.45) is 0 Å². The zero-order valence-corrected chi connectivity index (χ0v) is 7.69. The van der Waals surface area contributed by atoms with Crippen molar-refractivity contribution in [2.75, 3.05) is 6.26 Å². The smallest absolute Gasteiger partial charge is 0.261 e. The molecule has 0 aliphatic rings. The van der Waals surface area contributed by atoms with Gasteiger partial charge in [-0.05, 0) is 12.1 Å². The van der Waals surface area contributed by atoms with Gasteiger partial charge in [0.05, 0.1) is 6.26 Å². The number of para-hydroxylation sites is 2. The highest BCUT2D eigenvalue weighted by Gasteiger charge is 1.90. The highest BCUT2D eigenvalue weighted by molar-refractivity contribution is 7.85. The fourth-order valence-corrected chi connectivity index (χ4v) is 0.464. The monoisotopic (exact) mass is 206 g/mol. The summed E-state index contributed by atoms with van der Waals surface area (Å²) in [6.07, 6.45) is 0.715. The van der Waals surface area contributed by atoms with E-state index < -0.39 is 10.1 Å². The van der Waals surface area contributed by atoms with E-state index in [2.05, 4.69) is 0 Å². The molecule has 0 spiro atoms. The van der Waals surface area contributed by atoms with Crippen LogP contribution in [0.2, 0.25) is 0 Å². The van der Waals surface area contributed by atoms with Gasteiger partial charge < -0.3 is 10.2 Å². The molecule has 5 nitrogen and oxygen atoms in total. The lowest BCUT2D eigenvalue weighted by molar-refractivity contribution is 0.404. The number of phenols is 2. The Morgan fingerprint density at radius 2 is 1.31 bits per heavy atom. The van der Waals surface area contributed by atoms with Crippen LogP contribution in [0.1, 0.15) is 0 Å². The average molecular weight is 206 g/mol. The molecular formula is C7H10O5S. The van der Waals surface area contributed by atoms with E-state index in [-0.39, 0.29) is 11.5 Å².